The number of nitrogens with zero attached hydrogens (tertiary/aromatic N) is 3. The molecule has 1 saturated heterocycles. The summed E-state index contributed by atoms with van der Waals surface area (Å²) in [6.07, 6.45) is 2.05. The molecule has 0 aromatic carbocycles. The smallest absolute Gasteiger partial charge is 0.241 e. The quantitative estimate of drug-likeness (QED) is 0.895. The van der Waals surface area contributed by atoms with Crippen molar-refractivity contribution in [3.8, 4) is 0 Å². The van der Waals surface area contributed by atoms with Crippen molar-refractivity contribution in [3.63, 3.8) is 0 Å². The predicted molar refractivity (Wildman–Crippen MR) is 77.5 cm³/mol. The molecule has 1 N–H and O–H groups in total. The van der Waals surface area contributed by atoms with Crippen LogP contribution in [0.2, 0.25) is 0 Å². The van der Waals surface area contributed by atoms with E-state index in [-0.39, 0.29) is 5.91 Å². The fourth-order valence-electron chi connectivity index (χ4n) is 2.13. The molecule has 0 aliphatic carbocycles. The molecule has 1 aliphatic rings. The second kappa shape index (κ2) is 6.41. The van der Waals surface area contributed by atoms with Crippen LogP contribution >= 0.6 is 0 Å². The summed E-state index contributed by atoms with van der Waals surface area (Å²) in [5.74, 6) is 1.92. The second-order valence-electron chi connectivity index (χ2n) is 4.90. The van der Waals surface area contributed by atoms with Gasteiger partial charge in [0.15, 0.2) is 0 Å². The Kier molecular flexibility index (Phi) is 4.60. The Labute approximate surface area is 114 Å². The van der Waals surface area contributed by atoms with E-state index in [9.17, 15) is 4.79 Å². The molecule has 0 radical (unpaired) electrons. The average molecular weight is 262 g/mol. The molecule has 19 heavy (non-hydrogen) atoms. The largest absolute Gasteiger partial charge is 0.370 e. The zero-order chi connectivity index (χ0) is 13.7. The van der Waals surface area contributed by atoms with E-state index in [0.29, 0.717) is 6.54 Å². The maximum absolute atomic E-state index is 11.9. The van der Waals surface area contributed by atoms with Gasteiger partial charge in [-0.2, -0.15) is 0 Å². The van der Waals surface area contributed by atoms with Crippen LogP contribution in [0.1, 0.15) is 19.8 Å². The van der Waals surface area contributed by atoms with E-state index in [1.54, 1.807) is 4.90 Å². The van der Waals surface area contributed by atoms with E-state index >= 15 is 0 Å². The van der Waals surface area contributed by atoms with Gasteiger partial charge in [0, 0.05) is 26.7 Å². The standard InChI is InChI=1S/C14H22N4O/c1-3-8-15-12-6-4-7-13(16-12)18-10-5-9-17(2)14(19)11-18/h4,6-7H,3,5,8-11H2,1-2H3,(H,15,16). The van der Waals surface area contributed by atoms with Gasteiger partial charge in [0.1, 0.15) is 11.6 Å². The highest BCUT2D eigenvalue weighted by atomic mass is 16.2. The summed E-state index contributed by atoms with van der Waals surface area (Å²) in [4.78, 5) is 20.3. The van der Waals surface area contributed by atoms with Crippen molar-refractivity contribution < 1.29 is 4.79 Å². The van der Waals surface area contributed by atoms with E-state index in [2.05, 4.69) is 22.1 Å². The van der Waals surface area contributed by atoms with Gasteiger partial charge in [0.25, 0.3) is 0 Å². The summed E-state index contributed by atoms with van der Waals surface area (Å²) in [5, 5.41) is 3.28. The van der Waals surface area contributed by atoms with Crippen molar-refractivity contribution in [2.24, 2.45) is 0 Å². The maximum Gasteiger partial charge on any atom is 0.241 e. The van der Waals surface area contributed by atoms with Crippen LogP contribution in [0, 0.1) is 0 Å². The molecule has 5 nitrogen and oxygen atoms in total. The first-order valence-electron chi connectivity index (χ1n) is 6.90. The molecule has 104 valence electrons. The summed E-state index contributed by atoms with van der Waals surface area (Å²) in [6.45, 7) is 5.16. The van der Waals surface area contributed by atoms with Gasteiger partial charge in [0.2, 0.25) is 5.91 Å². The minimum absolute atomic E-state index is 0.159. The third kappa shape index (κ3) is 3.59. The van der Waals surface area contributed by atoms with Gasteiger partial charge in [-0.1, -0.05) is 13.0 Å². The number of carbonyl (C=O) groups excluding carboxylic acids is 1. The predicted octanol–water partition coefficient (Wildman–Crippen LogP) is 1.57. The fraction of sp³-hybridized carbons (Fsp3) is 0.571. The molecule has 1 aromatic rings. The Morgan fingerprint density at radius 2 is 2.21 bits per heavy atom. The van der Waals surface area contributed by atoms with Crippen LogP contribution < -0.4 is 10.2 Å². The number of hydrogen-bond donors (Lipinski definition) is 1. The molecule has 1 aliphatic heterocycles. The van der Waals surface area contributed by atoms with Gasteiger partial charge >= 0.3 is 0 Å². The molecular formula is C14H22N4O. The van der Waals surface area contributed by atoms with Crippen LogP contribution in [0.25, 0.3) is 0 Å². The minimum atomic E-state index is 0.159. The first-order valence-corrected chi connectivity index (χ1v) is 6.90. The Balaban J connectivity index is 2.09. The molecule has 0 saturated carbocycles. The summed E-state index contributed by atoms with van der Waals surface area (Å²) in [6, 6.07) is 5.92. The topological polar surface area (TPSA) is 48.5 Å². The molecule has 2 rings (SSSR count). The van der Waals surface area contributed by atoms with Crippen molar-refractivity contribution in [3.05, 3.63) is 18.2 Å². The van der Waals surface area contributed by atoms with Gasteiger partial charge in [-0.3, -0.25) is 4.79 Å². The van der Waals surface area contributed by atoms with E-state index in [1.165, 1.54) is 0 Å². The first-order chi connectivity index (χ1) is 9.20. The monoisotopic (exact) mass is 262 g/mol. The lowest BCUT2D eigenvalue weighted by Gasteiger charge is -2.21. The van der Waals surface area contributed by atoms with Gasteiger partial charge in [0.05, 0.1) is 6.54 Å². The van der Waals surface area contributed by atoms with Crippen LogP contribution in [-0.4, -0.2) is 49.0 Å². The molecule has 2 heterocycles. The fourth-order valence-corrected chi connectivity index (χ4v) is 2.13. The van der Waals surface area contributed by atoms with E-state index in [0.717, 1.165) is 44.1 Å². The van der Waals surface area contributed by atoms with Gasteiger partial charge in [-0.25, -0.2) is 4.98 Å². The van der Waals surface area contributed by atoms with Crippen LogP contribution in [0.4, 0.5) is 11.6 Å². The highest BCUT2D eigenvalue weighted by Gasteiger charge is 2.19. The van der Waals surface area contributed by atoms with Crippen molar-refractivity contribution in [1.29, 1.82) is 0 Å². The average Bonchev–Trinajstić information content (AvgIpc) is 2.59. The number of aromatic nitrogens is 1. The summed E-state index contributed by atoms with van der Waals surface area (Å²) in [7, 11) is 1.86. The number of pyridine rings is 1. The van der Waals surface area contributed by atoms with E-state index < -0.39 is 0 Å². The number of anilines is 2. The molecular weight excluding hydrogens is 240 g/mol. The molecule has 0 unspecified atom stereocenters. The lowest BCUT2D eigenvalue weighted by Crippen LogP contribution is -2.34. The zero-order valence-electron chi connectivity index (χ0n) is 11.7. The van der Waals surface area contributed by atoms with E-state index in [4.69, 9.17) is 0 Å². The third-order valence-electron chi connectivity index (χ3n) is 3.29. The Morgan fingerprint density at radius 1 is 1.37 bits per heavy atom. The Morgan fingerprint density at radius 3 is 3.00 bits per heavy atom. The third-order valence-corrected chi connectivity index (χ3v) is 3.29. The SMILES string of the molecule is CCCNc1cccc(N2CCCN(C)C(=O)C2)n1. The van der Waals surface area contributed by atoms with Gasteiger partial charge < -0.3 is 15.1 Å². The first kappa shape index (κ1) is 13.6. The molecule has 0 atom stereocenters. The minimum Gasteiger partial charge on any atom is -0.370 e. The van der Waals surface area contributed by atoms with Crippen molar-refractivity contribution in [2.45, 2.75) is 19.8 Å². The highest BCUT2D eigenvalue weighted by Crippen LogP contribution is 2.16. The summed E-state index contributed by atoms with van der Waals surface area (Å²) < 4.78 is 0. The van der Waals surface area contributed by atoms with Crippen molar-refractivity contribution >= 4 is 17.5 Å². The molecule has 0 spiro atoms. The molecule has 1 aromatic heterocycles. The second-order valence-corrected chi connectivity index (χ2v) is 4.90. The lowest BCUT2D eigenvalue weighted by atomic mass is 10.3. The van der Waals surface area contributed by atoms with Crippen LogP contribution in [0.5, 0.6) is 0 Å². The normalized spacial score (nSPS) is 16.4. The molecule has 1 fully saturated rings. The van der Waals surface area contributed by atoms with Crippen LogP contribution in [0.15, 0.2) is 18.2 Å². The Bertz CT molecular complexity index is 435. The molecule has 0 bridgehead atoms. The van der Waals surface area contributed by atoms with E-state index in [1.807, 2.05) is 25.2 Å². The number of rotatable bonds is 4. The number of likely N-dealkylation sites (N-methyl/N-ethyl adjacent to an activating group) is 1. The van der Waals surface area contributed by atoms with Gasteiger partial charge in [-0.15, -0.1) is 0 Å². The van der Waals surface area contributed by atoms with Gasteiger partial charge in [-0.05, 0) is 25.0 Å². The van der Waals surface area contributed by atoms with Crippen LogP contribution in [-0.2, 0) is 4.79 Å². The molecule has 5 heteroatoms. The number of nitrogens with one attached hydrogen (secondary N) is 1. The zero-order valence-corrected chi connectivity index (χ0v) is 11.7. The number of amides is 1. The highest BCUT2D eigenvalue weighted by molar-refractivity contribution is 5.81. The van der Waals surface area contributed by atoms with Crippen LogP contribution in [0.3, 0.4) is 0 Å². The molecule has 1 amide bonds. The summed E-state index contributed by atoms with van der Waals surface area (Å²) in [5.41, 5.74) is 0. The number of carbonyl (C=O) groups is 1. The number of hydrogen-bond acceptors (Lipinski definition) is 4. The Hall–Kier alpha value is -1.78. The van der Waals surface area contributed by atoms with Crippen molar-refractivity contribution in [2.75, 3.05) is 43.4 Å². The van der Waals surface area contributed by atoms with Crippen molar-refractivity contribution in [1.82, 2.24) is 9.88 Å². The lowest BCUT2D eigenvalue weighted by molar-refractivity contribution is -0.127. The summed E-state index contributed by atoms with van der Waals surface area (Å²) >= 11 is 0. The maximum atomic E-state index is 11.9.